The van der Waals surface area contributed by atoms with Crippen molar-refractivity contribution >= 4 is 11.6 Å². The zero-order valence-corrected chi connectivity index (χ0v) is 16.4. The first-order valence-electron chi connectivity index (χ1n) is 8.85. The van der Waals surface area contributed by atoms with Crippen molar-refractivity contribution in [2.24, 2.45) is 4.99 Å². The van der Waals surface area contributed by atoms with E-state index in [1.807, 2.05) is 68.4 Å². The normalized spacial score (nSPS) is 10.5. The summed E-state index contributed by atoms with van der Waals surface area (Å²) in [6.07, 6.45) is 0. The van der Waals surface area contributed by atoms with Crippen LogP contribution in [0, 0.1) is 6.92 Å². The van der Waals surface area contributed by atoms with Crippen LogP contribution < -0.4 is 9.47 Å². The Labute approximate surface area is 166 Å². The van der Waals surface area contributed by atoms with Gasteiger partial charge in [0.05, 0.1) is 12.8 Å². The van der Waals surface area contributed by atoms with Crippen LogP contribution in [0.4, 0.5) is 5.69 Å². The van der Waals surface area contributed by atoms with E-state index in [-0.39, 0.29) is 5.75 Å². The van der Waals surface area contributed by atoms with Crippen molar-refractivity contribution in [3.05, 3.63) is 96.6 Å². The van der Waals surface area contributed by atoms with E-state index in [0.29, 0.717) is 5.90 Å². The summed E-state index contributed by atoms with van der Waals surface area (Å²) in [6.45, 7) is 7.83. The standard InChI is InChI=1S/C17H17NO.C7H8O2/c1-13(2)17(18-15-9-5-4-6-10-15)19-16-11-7-8-14(3)12-16;1-9-7-4-2-6(8)3-5-7/h4-12H,1H2,2-3H3;2-5,8H,1H3. The van der Waals surface area contributed by atoms with Crippen LogP contribution >= 0.6 is 0 Å². The number of nitrogens with zero attached hydrogens (tertiary/aromatic N) is 1. The Morgan fingerprint density at radius 1 is 0.893 bits per heavy atom. The van der Waals surface area contributed by atoms with Crippen molar-refractivity contribution in [2.75, 3.05) is 7.11 Å². The first-order valence-corrected chi connectivity index (χ1v) is 8.85. The van der Waals surface area contributed by atoms with Gasteiger partial charge in [0.2, 0.25) is 5.90 Å². The van der Waals surface area contributed by atoms with Gasteiger partial charge >= 0.3 is 0 Å². The number of hydrogen-bond donors (Lipinski definition) is 1. The smallest absolute Gasteiger partial charge is 0.222 e. The van der Waals surface area contributed by atoms with Crippen molar-refractivity contribution in [3.63, 3.8) is 0 Å². The lowest BCUT2D eigenvalue weighted by atomic mass is 10.2. The molecule has 0 fully saturated rings. The lowest BCUT2D eigenvalue weighted by Gasteiger charge is -2.09. The fourth-order valence-electron chi connectivity index (χ4n) is 2.20. The van der Waals surface area contributed by atoms with Crippen LogP contribution in [0.15, 0.2) is 96.0 Å². The van der Waals surface area contributed by atoms with Crippen LogP contribution in [-0.4, -0.2) is 18.1 Å². The third-order valence-corrected chi connectivity index (χ3v) is 3.63. The number of aromatic hydroxyl groups is 1. The molecule has 4 heteroatoms. The van der Waals surface area contributed by atoms with Crippen LogP contribution in [-0.2, 0) is 0 Å². The number of benzene rings is 3. The maximum absolute atomic E-state index is 8.80. The van der Waals surface area contributed by atoms with Gasteiger partial charge in [-0.05, 0) is 67.9 Å². The van der Waals surface area contributed by atoms with E-state index >= 15 is 0 Å². The summed E-state index contributed by atoms with van der Waals surface area (Å²) in [6, 6.07) is 24.2. The van der Waals surface area contributed by atoms with E-state index in [1.54, 1.807) is 31.4 Å². The molecule has 0 saturated heterocycles. The second-order valence-electron chi connectivity index (χ2n) is 6.15. The van der Waals surface area contributed by atoms with Crippen LogP contribution in [0.1, 0.15) is 12.5 Å². The predicted molar refractivity (Wildman–Crippen MR) is 115 cm³/mol. The Morgan fingerprint density at radius 3 is 2.14 bits per heavy atom. The molecule has 0 radical (unpaired) electrons. The van der Waals surface area contributed by atoms with Gasteiger partial charge in [-0.25, -0.2) is 4.99 Å². The van der Waals surface area contributed by atoms with E-state index in [0.717, 1.165) is 28.3 Å². The lowest BCUT2D eigenvalue weighted by Crippen LogP contribution is -2.09. The third-order valence-electron chi connectivity index (χ3n) is 3.63. The molecule has 0 aliphatic carbocycles. The molecule has 3 aromatic carbocycles. The lowest BCUT2D eigenvalue weighted by molar-refractivity contribution is 0.412. The van der Waals surface area contributed by atoms with Crippen molar-refractivity contribution in [1.82, 2.24) is 0 Å². The highest BCUT2D eigenvalue weighted by atomic mass is 16.5. The van der Waals surface area contributed by atoms with Gasteiger partial charge in [0.15, 0.2) is 0 Å². The van der Waals surface area contributed by atoms with Gasteiger partial charge in [0, 0.05) is 5.57 Å². The van der Waals surface area contributed by atoms with Crippen LogP contribution in [0.5, 0.6) is 17.2 Å². The number of phenols is 1. The van der Waals surface area contributed by atoms with Gasteiger partial charge in [-0.1, -0.05) is 36.9 Å². The number of phenolic OH excluding ortho intramolecular Hbond substituents is 1. The SMILES string of the molecule is C=C(C)C(=Nc1ccccc1)Oc1cccc(C)c1.COc1ccc(O)cc1. The molecule has 0 aliphatic heterocycles. The van der Waals surface area contributed by atoms with Gasteiger partial charge in [0.25, 0.3) is 0 Å². The molecule has 3 aromatic rings. The summed E-state index contributed by atoms with van der Waals surface area (Å²) in [5.41, 5.74) is 2.80. The molecule has 0 aliphatic rings. The van der Waals surface area contributed by atoms with Crippen molar-refractivity contribution in [2.45, 2.75) is 13.8 Å². The van der Waals surface area contributed by atoms with Crippen molar-refractivity contribution in [1.29, 1.82) is 0 Å². The number of ether oxygens (including phenoxy) is 2. The molecule has 0 unspecified atom stereocenters. The minimum atomic E-state index is 0.260. The molecule has 144 valence electrons. The second-order valence-corrected chi connectivity index (χ2v) is 6.15. The molecule has 0 atom stereocenters. The quantitative estimate of drug-likeness (QED) is 0.444. The first kappa shape index (κ1) is 20.8. The van der Waals surface area contributed by atoms with Crippen LogP contribution in [0.2, 0.25) is 0 Å². The van der Waals surface area contributed by atoms with E-state index in [2.05, 4.69) is 11.6 Å². The monoisotopic (exact) mass is 375 g/mol. The molecule has 4 nitrogen and oxygen atoms in total. The highest BCUT2D eigenvalue weighted by Gasteiger charge is 2.04. The fraction of sp³-hybridized carbons (Fsp3) is 0.125. The summed E-state index contributed by atoms with van der Waals surface area (Å²) >= 11 is 0. The summed E-state index contributed by atoms with van der Waals surface area (Å²) in [5, 5.41) is 8.80. The molecule has 0 heterocycles. The molecule has 0 saturated carbocycles. The zero-order chi connectivity index (χ0) is 20.4. The molecular weight excluding hydrogens is 350 g/mol. The number of methoxy groups -OCH3 is 1. The second kappa shape index (κ2) is 10.6. The highest BCUT2D eigenvalue weighted by Crippen LogP contribution is 2.18. The molecule has 0 bridgehead atoms. The number of hydrogen-bond acceptors (Lipinski definition) is 4. The molecule has 3 rings (SSSR count). The van der Waals surface area contributed by atoms with Gasteiger partial charge in [0.1, 0.15) is 17.2 Å². The molecule has 1 N–H and O–H groups in total. The van der Waals surface area contributed by atoms with Crippen LogP contribution in [0.3, 0.4) is 0 Å². The Balaban J connectivity index is 0.000000261. The third kappa shape index (κ3) is 7.00. The van der Waals surface area contributed by atoms with E-state index in [9.17, 15) is 0 Å². The Hall–Kier alpha value is -3.53. The average molecular weight is 375 g/mol. The van der Waals surface area contributed by atoms with Crippen LogP contribution in [0.25, 0.3) is 0 Å². The minimum Gasteiger partial charge on any atom is -0.508 e. The van der Waals surface area contributed by atoms with E-state index < -0.39 is 0 Å². The minimum absolute atomic E-state index is 0.260. The number of rotatable bonds is 4. The predicted octanol–water partition coefficient (Wildman–Crippen LogP) is 6.08. The first-order chi connectivity index (χ1) is 13.5. The number of aliphatic imine (C=N–C) groups is 1. The topological polar surface area (TPSA) is 51.0 Å². The molecule has 28 heavy (non-hydrogen) atoms. The summed E-state index contributed by atoms with van der Waals surface area (Å²) in [7, 11) is 1.59. The highest BCUT2D eigenvalue weighted by molar-refractivity contribution is 5.95. The van der Waals surface area contributed by atoms with Crippen molar-refractivity contribution in [3.8, 4) is 17.2 Å². The molecule has 0 amide bonds. The number of para-hydroxylation sites is 1. The van der Waals surface area contributed by atoms with Gasteiger partial charge in [-0.3, -0.25) is 0 Å². The summed E-state index contributed by atoms with van der Waals surface area (Å²) in [4.78, 5) is 4.48. The average Bonchev–Trinajstić information content (AvgIpc) is 2.69. The largest absolute Gasteiger partial charge is 0.508 e. The van der Waals surface area contributed by atoms with Gasteiger partial charge in [-0.2, -0.15) is 0 Å². The Kier molecular flexibility index (Phi) is 7.85. The van der Waals surface area contributed by atoms with E-state index in [4.69, 9.17) is 14.6 Å². The van der Waals surface area contributed by atoms with Crippen molar-refractivity contribution < 1.29 is 14.6 Å². The van der Waals surface area contributed by atoms with Gasteiger partial charge in [-0.15, -0.1) is 0 Å². The molecule has 0 spiro atoms. The van der Waals surface area contributed by atoms with E-state index in [1.165, 1.54) is 0 Å². The Morgan fingerprint density at radius 2 is 1.57 bits per heavy atom. The zero-order valence-electron chi connectivity index (χ0n) is 16.4. The fourth-order valence-corrected chi connectivity index (χ4v) is 2.20. The summed E-state index contributed by atoms with van der Waals surface area (Å²) in [5.74, 6) is 2.33. The van der Waals surface area contributed by atoms with Gasteiger partial charge < -0.3 is 14.6 Å². The molecule has 0 aromatic heterocycles. The number of aryl methyl sites for hydroxylation is 1. The molecular formula is C24H25NO3. The summed E-state index contributed by atoms with van der Waals surface area (Å²) < 4.78 is 10.7. The maximum atomic E-state index is 8.80. The maximum Gasteiger partial charge on any atom is 0.222 e. The Bertz CT molecular complexity index is 916.